The van der Waals surface area contributed by atoms with Crippen LogP contribution in [0.3, 0.4) is 0 Å². The molecule has 0 spiro atoms. The second kappa shape index (κ2) is 6.05. The first-order valence-electron chi connectivity index (χ1n) is 6.83. The Kier molecular flexibility index (Phi) is 4.55. The molecule has 1 atom stereocenters. The van der Waals surface area contributed by atoms with Crippen molar-refractivity contribution in [1.29, 1.82) is 0 Å². The van der Waals surface area contributed by atoms with E-state index in [4.69, 9.17) is 0 Å². The van der Waals surface area contributed by atoms with Gasteiger partial charge in [-0.2, -0.15) is 0 Å². The van der Waals surface area contributed by atoms with E-state index in [9.17, 15) is 14.7 Å². The number of carbonyl (C=O) groups excluding carboxylic acids is 1. The highest BCUT2D eigenvalue weighted by molar-refractivity contribution is 7.99. The fourth-order valence-electron chi connectivity index (χ4n) is 1.92. The maximum absolute atomic E-state index is 11.9. The molecule has 1 aliphatic carbocycles. The lowest BCUT2D eigenvalue weighted by Crippen LogP contribution is -2.49. The van der Waals surface area contributed by atoms with Gasteiger partial charge in [0.1, 0.15) is 12.4 Å². The molecule has 1 amide bonds. The van der Waals surface area contributed by atoms with Crippen LogP contribution in [0.15, 0.2) is 11.5 Å². The van der Waals surface area contributed by atoms with Crippen molar-refractivity contribution < 1.29 is 14.7 Å². The summed E-state index contributed by atoms with van der Waals surface area (Å²) >= 11 is 1.28. The van der Waals surface area contributed by atoms with Gasteiger partial charge in [0.2, 0.25) is 5.91 Å². The van der Waals surface area contributed by atoms with Crippen LogP contribution in [0.25, 0.3) is 0 Å². The molecule has 1 saturated carbocycles. The molecule has 1 fully saturated rings. The van der Waals surface area contributed by atoms with Gasteiger partial charge in [-0.05, 0) is 18.3 Å². The second-order valence-corrected chi connectivity index (χ2v) is 7.19. The molecule has 8 heteroatoms. The van der Waals surface area contributed by atoms with E-state index < -0.39 is 17.4 Å². The zero-order chi connectivity index (χ0) is 15.6. The molecule has 0 aromatic carbocycles. The van der Waals surface area contributed by atoms with E-state index in [-0.39, 0.29) is 11.7 Å². The largest absolute Gasteiger partial charge is 0.480 e. The molecule has 1 aliphatic rings. The second-order valence-electron chi connectivity index (χ2n) is 6.25. The fraction of sp³-hybridized carbons (Fsp3) is 0.692. The lowest BCUT2D eigenvalue weighted by Gasteiger charge is -2.27. The Morgan fingerprint density at radius 2 is 2.19 bits per heavy atom. The molecular weight excluding hydrogens is 292 g/mol. The third-order valence-corrected chi connectivity index (χ3v) is 4.19. The third kappa shape index (κ3) is 4.20. The van der Waals surface area contributed by atoms with Crippen molar-refractivity contribution in [3.05, 3.63) is 6.33 Å². The van der Waals surface area contributed by atoms with Gasteiger partial charge in [0.05, 0.1) is 5.75 Å². The Hall–Kier alpha value is -1.57. The zero-order valence-electron chi connectivity index (χ0n) is 12.4. The van der Waals surface area contributed by atoms with Crippen molar-refractivity contribution in [3.8, 4) is 0 Å². The Morgan fingerprint density at radius 1 is 1.52 bits per heavy atom. The minimum atomic E-state index is -1.03. The lowest BCUT2D eigenvalue weighted by molar-refractivity contribution is -0.144. The molecule has 2 rings (SSSR count). The molecule has 21 heavy (non-hydrogen) atoms. The minimum Gasteiger partial charge on any atom is -0.480 e. The number of hydrogen-bond acceptors (Lipinski definition) is 5. The Labute approximate surface area is 127 Å². The lowest BCUT2D eigenvalue weighted by atomic mass is 9.87. The van der Waals surface area contributed by atoms with Crippen molar-refractivity contribution in [2.45, 2.75) is 50.9 Å². The predicted molar refractivity (Wildman–Crippen MR) is 78.0 cm³/mol. The van der Waals surface area contributed by atoms with Gasteiger partial charge in [0.15, 0.2) is 5.16 Å². The van der Waals surface area contributed by atoms with E-state index in [1.165, 1.54) is 11.8 Å². The van der Waals surface area contributed by atoms with E-state index in [0.717, 1.165) is 12.8 Å². The molecule has 0 saturated heterocycles. The number of carboxylic acid groups (broad SMARTS) is 1. The number of nitrogens with one attached hydrogen (secondary N) is 1. The summed E-state index contributed by atoms with van der Waals surface area (Å²) < 4.78 is 1.97. The Morgan fingerprint density at radius 3 is 2.71 bits per heavy atom. The van der Waals surface area contributed by atoms with Crippen LogP contribution in [-0.2, 0) is 9.59 Å². The van der Waals surface area contributed by atoms with Crippen molar-refractivity contribution >= 4 is 23.6 Å². The maximum Gasteiger partial charge on any atom is 0.326 e. The van der Waals surface area contributed by atoms with Crippen LogP contribution in [0.4, 0.5) is 0 Å². The van der Waals surface area contributed by atoms with Crippen LogP contribution in [-0.4, -0.2) is 43.5 Å². The summed E-state index contributed by atoms with van der Waals surface area (Å²) in [6, 6.07) is -0.459. The van der Waals surface area contributed by atoms with Gasteiger partial charge < -0.3 is 15.0 Å². The number of aromatic nitrogens is 3. The number of nitrogens with zero attached hydrogens (tertiary/aromatic N) is 3. The van der Waals surface area contributed by atoms with Crippen LogP contribution < -0.4 is 5.32 Å². The van der Waals surface area contributed by atoms with E-state index in [2.05, 4.69) is 15.5 Å². The summed E-state index contributed by atoms with van der Waals surface area (Å²) in [5.41, 5.74) is -0.541. The molecule has 2 N–H and O–H groups in total. The van der Waals surface area contributed by atoms with Gasteiger partial charge in [-0.3, -0.25) is 4.79 Å². The summed E-state index contributed by atoms with van der Waals surface area (Å²) in [7, 11) is 0. The van der Waals surface area contributed by atoms with Gasteiger partial charge in [-0.25, -0.2) is 4.79 Å². The fourth-order valence-corrected chi connectivity index (χ4v) is 2.71. The normalized spacial score (nSPS) is 16.5. The third-order valence-electron chi connectivity index (χ3n) is 3.23. The Balaban J connectivity index is 1.89. The SMILES string of the molecule is CC(C)(C)[C@H](NC(=O)CSc1nncn1C1CC1)C(=O)O. The molecule has 1 aromatic heterocycles. The monoisotopic (exact) mass is 312 g/mol. The first-order chi connectivity index (χ1) is 9.79. The van der Waals surface area contributed by atoms with E-state index in [0.29, 0.717) is 11.2 Å². The molecule has 0 radical (unpaired) electrons. The number of amides is 1. The average molecular weight is 312 g/mol. The molecule has 1 heterocycles. The number of hydrogen-bond donors (Lipinski definition) is 2. The van der Waals surface area contributed by atoms with E-state index in [1.54, 1.807) is 27.1 Å². The predicted octanol–water partition coefficient (Wildman–Crippen LogP) is 1.32. The summed E-state index contributed by atoms with van der Waals surface area (Å²) in [5, 5.41) is 20.3. The smallest absolute Gasteiger partial charge is 0.326 e. The number of carboxylic acids is 1. The van der Waals surface area contributed by atoms with Crippen molar-refractivity contribution in [1.82, 2.24) is 20.1 Å². The quantitative estimate of drug-likeness (QED) is 0.769. The molecular formula is C13H20N4O3S. The minimum absolute atomic E-state index is 0.130. The molecule has 116 valence electrons. The van der Waals surface area contributed by atoms with Gasteiger partial charge >= 0.3 is 5.97 Å². The van der Waals surface area contributed by atoms with Crippen molar-refractivity contribution in [3.63, 3.8) is 0 Å². The van der Waals surface area contributed by atoms with Crippen molar-refractivity contribution in [2.75, 3.05) is 5.75 Å². The highest BCUT2D eigenvalue weighted by atomic mass is 32.2. The summed E-state index contributed by atoms with van der Waals surface area (Å²) in [4.78, 5) is 23.2. The highest BCUT2D eigenvalue weighted by Crippen LogP contribution is 2.37. The molecule has 1 aromatic rings. The van der Waals surface area contributed by atoms with Crippen LogP contribution in [0.2, 0.25) is 0 Å². The standard InChI is InChI=1S/C13H20N4O3S/c1-13(2,3)10(11(19)20)15-9(18)6-21-12-16-14-7-17(12)8-4-5-8/h7-8,10H,4-6H2,1-3H3,(H,15,18)(H,19,20)/t10-/m1/s1. The molecule has 0 unspecified atom stereocenters. The summed E-state index contributed by atoms with van der Waals surface area (Å²) in [6.45, 7) is 5.34. The number of carbonyl (C=O) groups is 2. The van der Waals surface area contributed by atoms with Crippen LogP contribution in [0.1, 0.15) is 39.7 Å². The van der Waals surface area contributed by atoms with Crippen LogP contribution >= 0.6 is 11.8 Å². The van der Waals surface area contributed by atoms with Gasteiger partial charge in [0, 0.05) is 6.04 Å². The van der Waals surface area contributed by atoms with E-state index >= 15 is 0 Å². The van der Waals surface area contributed by atoms with Gasteiger partial charge in [-0.1, -0.05) is 32.5 Å². The topological polar surface area (TPSA) is 97.1 Å². The van der Waals surface area contributed by atoms with E-state index in [1.807, 2.05) is 4.57 Å². The van der Waals surface area contributed by atoms with Gasteiger partial charge in [0.25, 0.3) is 0 Å². The molecule has 0 bridgehead atoms. The van der Waals surface area contributed by atoms with Crippen LogP contribution in [0, 0.1) is 5.41 Å². The summed E-state index contributed by atoms with van der Waals surface area (Å²) in [6.07, 6.45) is 3.90. The zero-order valence-corrected chi connectivity index (χ0v) is 13.2. The van der Waals surface area contributed by atoms with Crippen molar-refractivity contribution in [2.24, 2.45) is 5.41 Å². The maximum atomic E-state index is 11.9. The molecule has 0 aliphatic heterocycles. The highest BCUT2D eigenvalue weighted by Gasteiger charge is 2.32. The number of thioether (sulfide) groups is 1. The first-order valence-corrected chi connectivity index (χ1v) is 7.82. The first kappa shape index (κ1) is 15.8. The summed E-state index contributed by atoms with van der Waals surface area (Å²) in [5.74, 6) is -1.21. The number of aliphatic carboxylic acids is 1. The van der Waals surface area contributed by atoms with Crippen LogP contribution in [0.5, 0.6) is 0 Å². The average Bonchev–Trinajstić information content (AvgIpc) is 3.11. The number of rotatable bonds is 6. The molecule has 7 nitrogen and oxygen atoms in total. The Bertz CT molecular complexity index is 534. The van der Waals surface area contributed by atoms with Gasteiger partial charge in [-0.15, -0.1) is 10.2 Å².